The zero-order valence-electron chi connectivity index (χ0n) is 11.3. The molecule has 1 fully saturated rings. The van der Waals surface area contributed by atoms with Crippen LogP contribution in [0.1, 0.15) is 13.2 Å². The van der Waals surface area contributed by atoms with Crippen LogP contribution < -0.4 is 5.73 Å². The first-order valence-corrected chi connectivity index (χ1v) is 6.39. The lowest BCUT2D eigenvalue weighted by atomic mass is 10.0. The number of nitrogen functional groups attached to an aromatic ring is 1. The van der Waals surface area contributed by atoms with Crippen LogP contribution in [0.3, 0.4) is 0 Å². The highest BCUT2D eigenvalue weighted by Crippen LogP contribution is 2.36. The van der Waals surface area contributed by atoms with E-state index in [1.54, 1.807) is 18.0 Å². The molecule has 2 aromatic heterocycles. The summed E-state index contributed by atoms with van der Waals surface area (Å²) in [5, 5.41) is 10.2. The smallest absolute Gasteiger partial charge is 0.167 e. The summed E-state index contributed by atoms with van der Waals surface area (Å²) in [6, 6.07) is 0. The molecule has 0 radical (unpaired) electrons. The second-order valence-corrected chi connectivity index (χ2v) is 4.95. The summed E-state index contributed by atoms with van der Waals surface area (Å²) in [7, 11) is 1.58. The first-order chi connectivity index (χ1) is 9.63. The lowest BCUT2D eigenvalue weighted by molar-refractivity contribution is -0.0534. The van der Waals surface area contributed by atoms with Gasteiger partial charge in [-0.1, -0.05) is 6.92 Å². The van der Waals surface area contributed by atoms with Gasteiger partial charge < -0.3 is 20.3 Å². The number of hydrogen-bond donors (Lipinski definition) is 2. The van der Waals surface area contributed by atoms with Crippen LogP contribution in [0, 0.1) is 5.92 Å². The molecule has 0 bridgehead atoms. The van der Waals surface area contributed by atoms with Crippen molar-refractivity contribution in [3.8, 4) is 0 Å². The summed E-state index contributed by atoms with van der Waals surface area (Å²) < 4.78 is 12.7. The highest BCUT2D eigenvalue weighted by atomic mass is 16.6. The molecule has 108 valence electrons. The van der Waals surface area contributed by atoms with Crippen LogP contribution in [0.5, 0.6) is 0 Å². The number of methoxy groups -OCH3 is 1. The molecular weight excluding hydrogens is 262 g/mol. The molecule has 1 saturated heterocycles. The SMILES string of the molecule is COCC1OC(n2cnc3c(N)ncnc32)C(C)C1O. The molecule has 0 aromatic carbocycles. The zero-order chi connectivity index (χ0) is 14.3. The molecule has 8 heteroatoms. The van der Waals surface area contributed by atoms with Gasteiger partial charge in [-0.05, 0) is 0 Å². The van der Waals surface area contributed by atoms with Crippen LogP contribution in [0.4, 0.5) is 5.82 Å². The van der Waals surface area contributed by atoms with Crippen LogP contribution in [0.2, 0.25) is 0 Å². The summed E-state index contributed by atoms with van der Waals surface area (Å²) in [4.78, 5) is 12.3. The Kier molecular flexibility index (Phi) is 3.28. The van der Waals surface area contributed by atoms with Gasteiger partial charge in [-0.15, -0.1) is 0 Å². The number of rotatable bonds is 3. The van der Waals surface area contributed by atoms with Gasteiger partial charge in [0.05, 0.1) is 19.0 Å². The van der Waals surface area contributed by atoms with Crippen molar-refractivity contribution >= 4 is 17.0 Å². The molecule has 3 N–H and O–H groups in total. The Morgan fingerprint density at radius 2 is 2.25 bits per heavy atom. The predicted octanol–water partition coefficient (Wildman–Crippen LogP) is -0.0507. The maximum atomic E-state index is 10.2. The van der Waals surface area contributed by atoms with Crippen molar-refractivity contribution < 1.29 is 14.6 Å². The third kappa shape index (κ3) is 1.92. The number of nitrogens with two attached hydrogens (primary N) is 1. The topological polar surface area (TPSA) is 108 Å². The minimum atomic E-state index is -0.600. The highest BCUT2D eigenvalue weighted by molar-refractivity contribution is 5.81. The van der Waals surface area contributed by atoms with Crippen molar-refractivity contribution in [2.75, 3.05) is 19.5 Å². The number of imidazole rings is 1. The molecule has 0 amide bonds. The molecule has 0 spiro atoms. The third-order valence-corrected chi connectivity index (χ3v) is 3.68. The van der Waals surface area contributed by atoms with Crippen LogP contribution in [-0.4, -0.2) is 50.6 Å². The van der Waals surface area contributed by atoms with E-state index >= 15 is 0 Å². The highest BCUT2D eigenvalue weighted by Gasteiger charge is 2.42. The molecule has 0 aliphatic carbocycles. The number of ether oxygens (including phenoxy) is 2. The molecule has 3 rings (SSSR count). The van der Waals surface area contributed by atoms with Gasteiger partial charge in [0.25, 0.3) is 0 Å². The number of anilines is 1. The molecule has 8 nitrogen and oxygen atoms in total. The Morgan fingerprint density at radius 1 is 1.45 bits per heavy atom. The second-order valence-electron chi connectivity index (χ2n) is 4.95. The number of aliphatic hydroxyl groups excluding tert-OH is 1. The second kappa shape index (κ2) is 4.97. The van der Waals surface area contributed by atoms with Gasteiger partial charge in [-0.2, -0.15) is 0 Å². The van der Waals surface area contributed by atoms with Gasteiger partial charge in [0.1, 0.15) is 24.2 Å². The van der Waals surface area contributed by atoms with Gasteiger partial charge >= 0.3 is 0 Å². The maximum Gasteiger partial charge on any atom is 0.167 e. The fraction of sp³-hybridized carbons (Fsp3) is 0.583. The normalized spacial score (nSPS) is 30.1. The molecule has 4 unspecified atom stereocenters. The van der Waals surface area contributed by atoms with E-state index in [1.165, 1.54) is 6.33 Å². The van der Waals surface area contributed by atoms with Gasteiger partial charge in [0.15, 0.2) is 11.5 Å². The number of fused-ring (bicyclic) bond motifs is 1. The molecule has 1 aliphatic heterocycles. The van der Waals surface area contributed by atoms with E-state index in [0.29, 0.717) is 23.6 Å². The van der Waals surface area contributed by atoms with E-state index in [9.17, 15) is 5.11 Å². The van der Waals surface area contributed by atoms with Crippen molar-refractivity contribution in [2.45, 2.75) is 25.4 Å². The summed E-state index contributed by atoms with van der Waals surface area (Å²) in [5.74, 6) is 0.220. The van der Waals surface area contributed by atoms with Gasteiger partial charge in [-0.3, -0.25) is 4.57 Å². The van der Waals surface area contributed by atoms with Gasteiger partial charge in [0, 0.05) is 13.0 Å². The number of nitrogens with zero attached hydrogens (tertiary/aromatic N) is 4. The van der Waals surface area contributed by atoms with E-state index < -0.39 is 6.10 Å². The fourth-order valence-corrected chi connectivity index (χ4v) is 2.57. The minimum absolute atomic E-state index is 0.108. The Bertz CT molecular complexity index is 616. The monoisotopic (exact) mass is 279 g/mol. The van der Waals surface area contributed by atoms with E-state index in [1.807, 2.05) is 6.92 Å². The molecular formula is C12H17N5O3. The van der Waals surface area contributed by atoms with Gasteiger partial charge in [0.2, 0.25) is 0 Å². The molecule has 20 heavy (non-hydrogen) atoms. The van der Waals surface area contributed by atoms with Crippen molar-refractivity contribution in [3.05, 3.63) is 12.7 Å². The largest absolute Gasteiger partial charge is 0.390 e. The Hall–Kier alpha value is -1.77. The molecule has 3 heterocycles. The number of aromatic nitrogens is 4. The Labute approximate surface area is 115 Å². The summed E-state index contributed by atoms with van der Waals surface area (Å²) >= 11 is 0. The summed E-state index contributed by atoms with van der Waals surface area (Å²) in [6.07, 6.45) is 1.68. The van der Waals surface area contributed by atoms with Crippen LogP contribution in [-0.2, 0) is 9.47 Å². The van der Waals surface area contributed by atoms with E-state index in [2.05, 4.69) is 15.0 Å². The fourth-order valence-electron chi connectivity index (χ4n) is 2.57. The quantitative estimate of drug-likeness (QED) is 0.810. The Balaban J connectivity index is 1.97. The molecule has 0 saturated carbocycles. The average Bonchev–Trinajstić information content (AvgIpc) is 2.97. The summed E-state index contributed by atoms with van der Waals surface area (Å²) in [5.41, 5.74) is 6.90. The van der Waals surface area contributed by atoms with Crippen LogP contribution in [0.25, 0.3) is 11.2 Å². The lowest BCUT2D eigenvalue weighted by Gasteiger charge is -2.17. The molecule has 4 atom stereocenters. The molecule has 1 aliphatic rings. The zero-order valence-corrected chi connectivity index (χ0v) is 11.3. The average molecular weight is 279 g/mol. The van der Waals surface area contributed by atoms with E-state index in [-0.39, 0.29) is 18.2 Å². The van der Waals surface area contributed by atoms with Crippen LogP contribution in [0.15, 0.2) is 12.7 Å². The minimum Gasteiger partial charge on any atom is -0.390 e. The van der Waals surface area contributed by atoms with Crippen molar-refractivity contribution in [1.82, 2.24) is 19.5 Å². The van der Waals surface area contributed by atoms with Gasteiger partial charge in [-0.25, -0.2) is 15.0 Å². The summed E-state index contributed by atoms with van der Waals surface area (Å²) in [6.45, 7) is 2.26. The Morgan fingerprint density at radius 3 is 3.00 bits per heavy atom. The van der Waals surface area contributed by atoms with Crippen LogP contribution >= 0.6 is 0 Å². The number of hydrogen-bond acceptors (Lipinski definition) is 7. The van der Waals surface area contributed by atoms with Crippen molar-refractivity contribution in [1.29, 1.82) is 0 Å². The molecule has 2 aromatic rings. The van der Waals surface area contributed by atoms with Crippen molar-refractivity contribution in [2.24, 2.45) is 5.92 Å². The maximum absolute atomic E-state index is 10.2. The first kappa shape index (κ1) is 13.2. The number of aliphatic hydroxyl groups is 1. The van der Waals surface area contributed by atoms with Crippen molar-refractivity contribution in [3.63, 3.8) is 0 Å². The van der Waals surface area contributed by atoms with E-state index in [0.717, 1.165) is 0 Å². The first-order valence-electron chi connectivity index (χ1n) is 6.39. The van der Waals surface area contributed by atoms with E-state index in [4.69, 9.17) is 15.2 Å². The predicted molar refractivity (Wildman–Crippen MR) is 70.7 cm³/mol. The third-order valence-electron chi connectivity index (χ3n) is 3.68. The lowest BCUT2D eigenvalue weighted by Crippen LogP contribution is -2.28. The standard InChI is InChI=1S/C12H17N5O3/c1-6-9(18)7(3-19-2)20-12(6)17-5-16-8-10(13)14-4-15-11(8)17/h4-7,9,12,18H,3H2,1-2H3,(H2,13,14,15).